The summed E-state index contributed by atoms with van der Waals surface area (Å²) in [5.74, 6) is -0.225. The molecule has 1 fully saturated rings. The van der Waals surface area contributed by atoms with E-state index in [-0.39, 0.29) is 18.0 Å². The van der Waals surface area contributed by atoms with Crippen LogP contribution in [0.4, 0.5) is 4.79 Å². The lowest BCUT2D eigenvalue weighted by Gasteiger charge is -2.28. The third-order valence-electron chi connectivity index (χ3n) is 4.27. The van der Waals surface area contributed by atoms with Gasteiger partial charge in [0, 0.05) is 19.6 Å². The molecule has 3 rings (SSSR count). The second-order valence-corrected chi connectivity index (χ2v) is 8.42. The Labute approximate surface area is 161 Å². The number of nitrogens with one attached hydrogen (secondary N) is 1. The number of fused-ring (bicyclic) bond motifs is 1. The van der Waals surface area contributed by atoms with E-state index in [9.17, 15) is 14.4 Å². The molecule has 0 bridgehead atoms. The molecule has 8 nitrogen and oxygen atoms in total. The molecule has 9 heteroatoms. The normalized spacial score (nSPS) is 17.3. The summed E-state index contributed by atoms with van der Waals surface area (Å²) in [5, 5.41) is 4.65. The molecule has 146 valence electrons. The summed E-state index contributed by atoms with van der Waals surface area (Å²) >= 11 is 1.35. The average molecular weight is 392 g/mol. The number of hydrogen-bond donors (Lipinski definition) is 1. The monoisotopic (exact) mass is 392 g/mol. The van der Waals surface area contributed by atoms with E-state index in [0.717, 1.165) is 6.42 Å². The van der Waals surface area contributed by atoms with Crippen molar-refractivity contribution in [3.8, 4) is 0 Å². The molecule has 1 atom stereocenters. The van der Waals surface area contributed by atoms with Crippen LogP contribution in [0.25, 0.3) is 10.2 Å². The quantitative estimate of drug-likeness (QED) is 0.859. The van der Waals surface area contributed by atoms with Crippen LogP contribution >= 0.6 is 11.3 Å². The van der Waals surface area contributed by atoms with Gasteiger partial charge in [-0.15, -0.1) is 11.3 Å². The maximum atomic E-state index is 12.5. The number of thiophene rings is 1. The fraction of sp³-hybridized carbons (Fsp3) is 0.556. The van der Waals surface area contributed by atoms with Crippen molar-refractivity contribution in [3.63, 3.8) is 0 Å². The van der Waals surface area contributed by atoms with Crippen molar-refractivity contribution in [2.75, 3.05) is 13.1 Å². The first kappa shape index (κ1) is 19.3. The van der Waals surface area contributed by atoms with Crippen LogP contribution in [0.1, 0.15) is 33.6 Å². The number of amides is 2. The third-order valence-corrected chi connectivity index (χ3v) is 5.16. The highest BCUT2D eigenvalue weighted by Gasteiger charge is 2.36. The van der Waals surface area contributed by atoms with E-state index >= 15 is 0 Å². The predicted molar refractivity (Wildman–Crippen MR) is 103 cm³/mol. The molecule has 27 heavy (non-hydrogen) atoms. The Bertz CT molecular complexity index is 899. The number of hydrogen-bond acceptors (Lipinski definition) is 6. The summed E-state index contributed by atoms with van der Waals surface area (Å²) in [5.41, 5.74) is -0.0280. The molecule has 0 aromatic carbocycles. The van der Waals surface area contributed by atoms with Gasteiger partial charge < -0.3 is 10.1 Å². The Balaban J connectivity index is 1.57. The van der Waals surface area contributed by atoms with Crippen molar-refractivity contribution < 1.29 is 14.3 Å². The highest BCUT2D eigenvalue weighted by atomic mass is 32.1. The Morgan fingerprint density at radius 2 is 2.19 bits per heavy atom. The van der Waals surface area contributed by atoms with Crippen LogP contribution in [-0.4, -0.2) is 51.2 Å². The Kier molecular flexibility index (Phi) is 5.50. The second kappa shape index (κ2) is 7.67. The third kappa shape index (κ3) is 4.47. The minimum absolute atomic E-state index is 0.111. The second-order valence-electron chi connectivity index (χ2n) is 7.50. The van der Waals surface area contributed by atoms with E-state index in [4.69, 9.17) is 4.74 Å². The van der Waals surface area contributed by atoms with Crippen molar-refractivity contribution in [3.05, 3.63) is 28.1 Å². The van der Waals surface area contributed by atoms with Crippen LogP contribution in [0.5, 0.6) is 0 Å². The van der Waals surface area contributed by atoms with Crippen molar-refractivity contribution in [1.82, 2.24) is 19.8 Å². The van der Waals surface area contributed by atoms with Gasteiger partial charge in [0.25, 0.3) is 5.56 Å². The van der Waals surface area contributed by atoms with Crippen LogP contribution < -0.4 is 10.9 Å². The molecule has 1 aliphatic heterocycles. The number of aromatic nitrogens is 2. The van der Waals surface area contributed by atoms with E-state index in [1.807, 2.05) is 5.38 Å². The minimum atomic E-state index is -0.602. The van der Waals surface area contributed by atoms with Gasteiger partial charge in [0.2, 0.25) is 5.91 Å². The topological polar surface area (TPSA) is 93.5 Å². The van der Waals surface area contributed by atoms with Crippen LogP contribution in [0.15, 0.2) is 22.6 Å². The van der Waals surface area contributed by atoms with Crippen molar-refractivity contribution in [2.45, 2.75) is 51.8 Å². The van der Waals surface area contributed by atoms with Gasteiger partial charge >= 0.3 is 6.09 Å². The number of carbonyl (C=O) groups excluding carboxylic acids is 2. The van der Waals surface area contributed by atoms with E-state index < -0.39 is 17.7 Å². The van der Waals surface area contributed by atoms with E-state index in [1.165, 1.54) is 27.1 Å². The lowest BCUT2D eigenvalue weighted by Crippen LogP contribution is -2.48. The van der Waals surface area contributed by atoms with Gasteiger partial charge in [-0.3, -0.25) is 19.1 Å². The lowest BCUT2D eigenvalue weighted by molar-refractivity contribution is -0.125. The molecule has 0 aliphatic carbocycles. The highest BCUT2D eigenvalue weighted by molar-refractivity contribution is 7.17. The summed E-state index contributed by atoms with van der Waals surface area (Å²) in [7, 11) is 0. The zero-order chi connectivity index (χ0) is 19.6. The Hall–Kier alpha value is -2.42. The first-order chi connectivity index (χ1) is 12.8. The molecule has 2 aromatic rings. The van der Waals surface area contributed by atoms with Gasteiger partial charge in [0.1, 0.15) is 16.3 Å². The summed E-state index contributed by atoms with van der Waals surface area (Å²) < 4.78 is 7.47. The van der Waals surface area contributed by atoms with E-state index in [0.29, 0.717) is 29.7 Å². The molecule has 1 aliphatic rings. The summed E-state index contributed by atoms with van der Waals surface area (Å²) in [6, 6.07) is 1.27. The van der Waals surface area contributed by atoms with E-state index in [1.54, 1.807) is 26.8 Å². The summed E-state index contributed by atoms with van der Waals surface area (Å²) in [6.45, 7) is 6.51. The summed E-state index contributed by atoms with van der Waals surface area (Å²) in [6.07, 6.45) is 2.39. The molecule has 1 saturated heterocycles. The fourth-order valence-corrected chi connectivity index (χ4v) is 3.83. The fourth-order valence-electron chi connectivity index (χ4n) is 3.03. The molecule has 0 unspecified atom stereocenters. The first-order valence-corrected chi connectivity index (χ1v) is 9.84. The molecule has 1 N–H and O–H groups in total. The van der Waals surface area contributed by atoms with Gasteiger partial charge in [-0.05, 0) is 45.1 Å². The molecular weight excluding hydrogens is 368 g/mol. The Morgan fingerprint density at radius 3 is 2.93 bits per heavy atom. The largest absolute Gasteiger partial charge is 0.444 e. The number of ether oxygens (including phenoxy) is 1. The number of rotatable bonds is 4. The van der Waals surface area contributed by atoms with Gasteiger partial charge in [-0.2, -0.15) is 0 Å². The summed E-state index contributed by atoms with van der Waals surface area (Å²) in [4.78, 5) is 42.9. The van der Waals surface area contributed by atoms with Crippen LogP contribution in [0.3, 0.4) is 0 Å². The molecular formula is C18H24N4O4S. The molecule has 3 heterocycles. The zero-order valence-corrected chi connectivity index (χ0v) is 16.5. The number of carbonyl (C=O) groups is 2. The number of likely N-dealkylation sites (tertiary alicyclic amines) is 1. The standard InChI is InChI=1S/C18H24N4O4S/c1-18(2,3)26-17(25)22-8-4-5-13(22)15(23)19-7-9-21-11-20-12-6-10-27-14(12)16(21)24/h6,10-11,13H,4-5,7-9H2,1-3H3,(H,19,23)/t13-/m1/s1. The number of nitrogens with zero attached hydrogens (tertiary/aromatic N) is 3. The molecule has 2 amide bonds. The van der Waals surface area contributed by atoms with Crippen molar-refractivity contribution in [1.29, 1.82) is 0 Å². The zero-order valence-electron chi connectivity index (χ0n) is 15.7. The SMILES string of the molecule is CC(C)(C)OC(=O)N1CCC[C@@H]1C(=O)NCCn1cnc2ccsc2c1=O. The predicted octanol–water partition coefficient (Wildman–Crippen LogP) is 1.97. The van der Waals surface area contributed by atoms with Gasteiger partial charge in [-0.1, -0.05) is 0 Å². The highest BCUT2D eigenvalue weighted by Crippen LogP contribution is 2.21. The maximum Gasteiger partial charge on any atom is 0.410 e. The Morgan fingerprint density at radius 1 is 1.41 bits per heavy atom. The minimum Gasteiger partial charge on any atom is -0.444 e. The van der Waals surface area contributed by atoms with Gasteiger partial charge in [0.05, 0.1) is 11.8 Å². The molecule has 2 aromatic heterocycles. The maximum absolute atomic E-state index is 12.5. The van der Waals surface area contributed by atoms with Crippen LogP contribution in [0.2, 0.25) is 0 Å². The van der Waals surface area contributed by atoms with E-state index in [2.05, 4.69) is 10.3 Å². The lowest BCUT2D eigenvalue weighted by atomic mass is 10.2. The van der Waals surface area contributed by atoms with Crippen molar-refractivity contribution in [2.24, 2.45) is 0 Å². The first-order valence-electron chi connectivity index (χ1n) is 8.96. The average Bonchev–Trinajstić information content (AvgIpc) is 3.24. The van der Waals surface area contributed by atoms with Crippen molar-refractivity contribution >= 4 is 33.6 Å². The smallest absolute Gasteiger partial charge is 0.410 e. The molecule has 0 saturated carbocycles. The molecule has 0 radical (unpaired) electrons. The van der Waals surface area contributed by atoms with Gasteiger partial charge in [0.15, 0.2) is 0 Å². The van der Waals surface area contributed by atoms with Crippen LogP contribution in [-0.2, 0) is 16.1 Å². The van der Waals surface area contributed by atoms with Crippen LogP contribution in [0, 0.1) is 0 Å². The van der Waals surface area contributed by atoms with Gasteiger partial charge in [-0.25, -0.2) is 9.78 Å². The molecule has 0 spiro atoms.